The molecule has 18 heavy (non-hydrogen) atoms. The van der Waals surface area contributed by atoms with E-state index in [1.165, 1.54) is 0 Å². The van der Waals surface area contributed by atoms with E-state index < -0.39 is 0 Å². The van der Waals surface area contributed by atoms with Crippen LogP contribution in [-0.2, 0) is 0 Å². The van der Waals surface area contributed by atoms with Crippen LogP contribution in [0.25, 0.3) is 0 Å². The summed E-state index contributed by atoms with van der Waals surface area (Å²) in [7, 11) is 0. The van der Waals surface area contributed by atoms with E-state index in [4.69, 9.17) is 0 Å². The zero-order valence-corrected chi connectivity index (χ0v) is 13.8. The number of halogens is 2. The Hall–Kier alpha value is -0.350. The highest BCUT2D eigenvalue weighted by atomic mass is 79.9. The Morgan fingerprint density at radius 3 is 2.78 bits per heavy atom. The Labute approximate surface area is 125 Å². The molecule has 1 aliphatic rings. The molecule has 2 nitrogen and oxygen atoms in total. The number of likely N-dealkylation sites (tertiary alicyclic amines) is 1. The van der Waals surface area contributed by atoms with Crippen LogP contribution in [0.5, 0.6) is 0 Å². The Bertz CT molecular complexity index is 461. The van der Waals surface area contributed by atoms with Crippen LogP contribution < -0.4 is 0 Å². The molecule has 1 heterocycles. The van der Waals surface area contributed by atoms with Crippen LogP contribution >= 0.6 is 31.9 Å². The molecule has 4 heteroatoms. The van der Waals surface area contributed by atoms with E-state index in [9.17, 15) is 4.79 Å². The van der Waals surface area contributed by atoms with E-state index in [-0.39, 0.29) is 5.91 Å². The zero-order chi connectivity index (χ0) is 13.3. The third-order valence-corrected chi connectivity index (χ3v) is 4.84. The summed E-state index contributed by atoms with van der Waals surface area (Å²) < 4.78 is 1.80. The Balaban J connectivity index is 2.32. The first-order valence-electron chi connectivity index (χ1n) is 6.32. The van der Waals surface area contributed by atoms with E-state index >= 15 is 0 Å². The average Bonchev–Trinajstić information content (AvgIpc) is 2.72. The molecule has 0 bridgehead atoms. The van der Waals surface area contributed by atoms with Gasteiger partial charge in [0.2, 0.25) is 0 Å². The van der Waals surface area contributed by atoms with E-state index in [1.54, 1.807) is 0 Å². The Morgan fingerprint density at radius 1 is 1.39 bits per heavy atom. The van der Waals surface area contributed by atoms with Gasteiger partial charge in [-0.15, -0.1) is 0 Å². The molecule has 0 saturated carbocycles. The third kappa shape index (κ3) is 2.64. The lowest BCUT2D eigenvalue weighted by Crippen LogP contribution is -2.39. The summed E-state index contributed by atoms with van der Waals surface area (Å²) in [5.74, 6) is 0.139. The maximum atomic E-state index is 12.7. The highest BCUT2D eigenvalue weighted by Gasteiger charge is 2.34. The van der Waals surface area contributed by atoms with Crippen LogP contribution in [0, 0.1) is 0 Å². The normalized spacial score (nSPS) is 23.4. The molecule has 2 atom stereocenters. The molecule has 1 aliphatic heterocycles. The minimum absolute atomic E-state index is 0.139. The van der Waals surface area contributed by atoms with Crippen LogP contribution in [0.1, 0.15) is 43.5 Å². The molecule has 1 amide bonds. The van der Waals surface area contributed by atoms with Gasteiger partial charge < -0.3 is 4.90 Å². The van der Waals surface area contributed by atoms with Crippen LogP contribution in [-0.4, -0.2) is 22.9 Å². The molecule has 0 radical (unpaired) electrons. The van der Waals surface area contributed by atoms with Gasteiger partial charge in [0.05, 0.1) is 5.56 Å². The van der Waals surface area contributed by atoms with E-state index in [0.29, 0.717) is 12.1 Å². The molecule has 0 aliphatic carbocycles. The van der Waals surface area contributed by atoms with Crippen molar-refractivity contribution < 1.29 is 4.79 Å². The van der Waals surface area contributed by atoms with Crippen LogP contribution in [0.3, 0.4) is 0 Å². The quantitative estimate of drug-likeness (QED) is 0.739. The highest BCUT2D eigenvalue weighted by molar-refractivity contribution is 9.11. The summed E-state index contributed by atoms with van der Waals surface area (Å²) >= 11 is 6.90. The molecule has 1 aromatic carbocycles. The molecular formula is C14H17Br2NO. The lowest BCUT2D eigenvalue weighted by molar-refractivity contribution is 0.0675. The number of amides is 1. The predicted molar refractivity (Wildman–Crippen MR) is 80.8 cm³/mol. The third-order valence-electron chi connectivity index (χ3n) is 3.65. The van der Waals surface area contributed by atoms with Crippen molar-refractivity contribution in [3.05, 3.63) is 32.7 Å². The van der Waals surface area contributed by atoms with Crippen molar-refractivity contribution in [1.29, 1.82) is 0 Å². The molecule has 0 aromatic heterocycles. The van der Waals surface area contributed by atoms with Gasteiger partial charge in [-0.1, -0.05) is 22.9 Å². The Kier molecular flexibility index (Phi) is 4.49. The first-order chi connectivity index (χ1) is 8.54. The maximum absolute atomic E-state index is 12.7. The number of nitrogens with zero attached hydrogens (tertiary/aromatic N) is 1. The lowest BCUT2D eigenvalue weighted by Gasteiger charge is -2.28. The SMILES string of the molecule is CCC1CCC(C)N1C(=O)c1cc(Br)ccc1Br. The molecule has 98 valence electrons. The highest BCUT2D eigenvalue weighted by Crippen LogP contribution is 2.30. The predicted octanol–water partition coefficient (Wildman–Crippen LogP) is 4.61. The number of carbonyl (C=O) groups excluding carboxylic acids is 1. The fraction of sp³-hybridized carbons (Fsp3) is 0.500. The molecular weight excluding hydrogens is 358 g/mol. The summed E-state index contributed by atoms with van der Waals surface area (Å²) in [5.41, 5.74) is 0.747. The zero-order valence-electron chi connectivity index (χ0n) is 10.6. The second kappa shape index (κ2) is 5.74. The first-order valence-corrected chi connectivity index (χ1v) is 7.91. The number of carbonyl (C=O) groups is 1. The average molecular weight is 375 g/mol. The van der Waals surface area contributed by atoms with Gasteiger partial charge in [-0.25, -0.2) is 0 Å². The Morgan fingerprint density at radius 2 is 2.11 bits per heavy atom. The van der Waals surface area contributed by atoms with Gasteiger partial charge in [0, 0.05) is 21.0 Å². The molecule has 1 fully saturated rings. The molecule has 0 N–H and O–H groups in total. The van der Waals surface area contributed by atoms with Gasteiger partial charge in [-0.3, -0.25) is 4.79 Å². The fourth-order valence-electron chi connectivity index (χ4n) is 2.64. The smallest absolute Gasteiger partial charge is 0.255 e. The topological polar surface area (TPSA) is 20.3 Å². The van der Waals surface area contributed by atoms with Crippen molar-refractivity contribution in [2.45, 2.75) is 45.2 Å². The van der Waals surface area contributed by atoms with Crippen molar-refractivity contribution in [2.24, 2.45) is 0 Å². The van der Waals surface area contributed by atoms with E-state index in [2.05, 4.69) is 45.7 Å². The summed E-state index contributed by atoms with van der Waals surface area (Å²) in [6, 6.07) is 6.47. The summed E-state index contributed by atoms with van der Waals surface area (Å²) in [6.07, 6.45) is 3.26. The molecule has 0 spiro atoms. The number of hydrogen-bond acceptors (Lipinski definition) is 1. The van der Waals surface area contributed by atoms with E-state index in [1.807, 2.05) is 23.1 Å². The van der Waals surface area contributed by atoms with Crippen molar-refractivity contribution in [3.8, 4) is 0 Å². The number of benzene rings is 1. The molecule has 1 aromatic rings. The fourth-order valence-corrected chi connectivity index (χ4v) is 3.42. The largest absolute Gasteiger partial charge is 0.333 e. The van der Waals surface area contributed by atoms with Gasteiger partial charge in [-0.2, -0.15) is 0 Å². The van der Waals surface area contributed by atoms with Gasteiger partial charge in [0.1, 0.15) is 0 Å². The minimum atomic E-state index is 0.139. The van der Waals surface area contributed by atoms with Gasteiger partial charge in [0.25, 0.3) is 5.91 Å². The standard InChI is InChI=1S/C14H17Br2NO/c1-3-11-6-4-9(2)17(11)14(18)12-8-10(15)5-7-13(12)16/h5,7-9,11H,3-4,6H2,1-2H3. The summed E-state index contributed by atoms with van der Waals surface area (Å²) in [4.78, 5) is 14.7. The van der Waals surface area contributed by atoms with Crippen molar-refractivity contribution in [3.63, 3.8) is 0 Å². The second-order valence-electron chi connectivity index (χ2n) is 4.83. The summed E-state index contributed by atoms with van der Waals surface area (Å²) in [6.45, 7) is 4.29. The summed E-state index contributed by atoms with van der Waals surface area (Å²) in [5, 5.41) is 0. The van der Waals surface area contributed by atoms with Gasteiger partial charge >= 0.3 is 0 Å². The number of hydrogen-bond donors (Lipinski definition) is 0. The van der Waals surface area contributed by atoms with Crippen LogP contribution in [0.15, 0.2) is 27.1 Å². The van der Waals surface area contributed by atoms with E-state index in [0.717, 1.165) is 33.8 Å². The second-order valence-corrected chi connectivity index (χ2v) is 6.60. The molecule has 2 unspecified atom stereocenters. The molecule has 1 saturated heterocycles. The first kappa shape index (κ1) is 14.1. The minimum Gasteiger partial charge on any atom is -0.333 e. The number of rotatable bonds is 2. The van der Waals surface area contributed by atoms with Crippen LogP contribution in [0.4, 0.5) is 0 Å². The maximum Gasteiger partial charge on any atom is 0.255 e. The van der Waals surface area contributed by atoms with Crippen molar-refractivity contribution >= 4 is 37.8 Å². The van der Waals surface area contributed by atoms with Crippen LogP contribution in [0.2, 0.25) is 0 Å². The molecule has 2 rings (SSSR count). The monoisotopic (exact) mass is 373 g/mol. The van der Waals surface area contributed by atoms with Crippen molar-refractivity contribution in [2.75, 3.05) is 0 Å². The van der Waals surface area contributed by atoms with Crippen molar-refractivity contribution in [1.82, 2.24) is 4.90 Å². The lowest BCUT2D eigenvalue weighted by atomic mass is 10.1. The van der Waals surface area contributed by atoms with Gasteiger partial charge in [0.15, 0.2) is 0 Å². The van der Waals surface area contributed by atoms with Gasteiger partial charge in [-0.05, 0) is 60.3 Å².